The van der Waals surface area contributed by atoms with Crippen LogP contribution in [-0.2, 0) is 11.2 Å². The minimum absolute atomic E-state index is 0.0252. The van der Waals surface area contributed by atoms with Crippen LogP contribution in [0.5, 0.6) is 0 Å². The van der Waals surface area contributed by atoms with Crippen LogP contribution in [0.1, 0.15) is 32.3 Å². The Kier molecular flexibility index (Phi) is 7.24. The second-order valence-electron chi connectivity index (χ2n) is 5.80. The number of anilines is 1. The van der Waals surface area contributed by atoms with Gasteiger partial charge in [0, 0.05) is 17.6 Å². The predicted octanol–water partition coefficient (Wildman–Crippen LogP) is 3.36. The summed E-state index contributed by atoms with van der Waals surface area (Å²) in [6.45, 7) is 3.61. The maximum Gasteiger partial charge on any atom is 0.319 e. The Hall–Kier alpha value is -1.69. The van der Waals surface area contributed by atoms with E-state index in [9.17, 15) is 9.59 Å². The first-order chi connectivity index (χ1) is 10.3. The van der Waals surface area contributed by atoms with Gasteiger partial charge in [-0.1, -0.05) is 12.1 Å². The highest BCUT2D eigenvalue weighted by atomic mass is 32.2. The molecule has 5 nitrogen and oxygen atoms in total. The number of aryl methyl sites for hydroxylation is 1. The molecule has 22 heavy (non-hydrogen) atoms. The third-order valence-electron chi connectivity index (χ3n) is 3.22. The maximum atomic E-state index is 12.0. The molecule has 3 N–H and O–H groups in total. The number of carbonyl (C=O) groups is 2. The third kappa shape index (κ3) is 7.36. The molecule has 0 aromatic heterocycles. The van der Waals surface area contributed by atoms with Crippen molar-refractivity contribution < 1.29 is 14.7 Å². The van der Waals surface area contributed by atoms with Crippen LogP contribution >= 0.6 is 11.8 Å². The van der Waals surface area contributed by atoms with E-state index in [1.165, 1.54) is 5.56 Å². The van der Waals surface area contributed by atoms with Gasteiger partial charge in [0.05, 0.1) is 0 Å². The predicted molar refractivity (Wildman–Crippen MR) is 91.6 cm³/mol. The van der Waals surface area contributed by atoms with Gasteiger partial charge in [0.25, 0.3) is 0 Å². The summed E-state index contributed by atoms with van der Waals surface area (Å²) in [4.78, 5) is 22.6. The van der Waals surface area contributed by atoms with Gasteiger partial charge in [0.1, 0.15) is 0 Å². The molecule has 0 unspecified atom stereocenters. The molecule has 0 bridgehead atoms. The normalized spacial score (nSPS) is 11.0. The molecule has 122 valence electrons. The van der Waals surface area contributed by atoms with E-state index in [0.29, 0.717) is 6.42 Å². The van der Waals surface area contributed by atoms with E-state index in [4.69, 9.17) is 5.11 Å². The number of hydrogen-bond donors (Lipinski definition) is 3. The molecule has 6 heteroatoms. The number of nitrogens with one attached hydrogen (secondary N) is 2. The minimum Gasteiger partial charge on any atom is -0.481 e. The average Bonchev–Trinajstić information content (AvgIpc) is 2.44. The van der Waals surface area contributed by atoms with Gasteiger partial charge >= 0.3 is 12.0 Å². The molecule has 1 aromatic rings. The second-order valence-corrected chi connectivity index (χ2v) is 6.78. The van der Waals surface area contributed by atoms with Crippen molar-refractivity contribution in [3.05, 3.63) is 29.8 Å². The fourth-order valence-electron chi connectivity index (χ4n) is 1.93. The molecule has 1 aromatic carbocycles. The molecular weight excluding hydrogens is 300 g/mol. The molecule has 0 atom stereocenters. The van der Waals surface area contributed by atoms with Crippen LogP contribution in [0.4, 0.5) is 10.5 Å². The van der Waals surface area contributed by atoms with E-state index in [-0.39, 0.29) is 12.5 Å². The zero-order chi connectivity index (χ0) is 16.6. The number of rotatable bonds is 8. The molecule has 0 aliphatic carbocycles. The van der Waals surface area contributed by atoms with Crippen molar-refractivity contribution in [2.75, 3.05) is 17.3 Å². The Morgan fingerprint density at radius 3 is 2.41 bits per heavy atom. The van der Waals surface area contributed by atoms with Gasteiger partial charge in [-0.3, -0.25) is 4.79 Å². The van der Waals surface area contributed by atoms with Gasteiger partial charge in [0.2, 0.25) is 0 Å². The van der Waals surface area contributed by atoms with Crippen LogP contribution in [-0.4, -0.2) is 34.7 Å². The summed E-state index contributed by atoms with van der Waals surface area (Å²) in [6.07, 6.45) is 3.49. The number of carboxylic acid groups (broad SMARTS) is 1. The smallest absolute Gasteiger partial charge is 0.319 e. The first-order valence-corrected chi connectivity index (χ1v) is 8.60. The number of amides is 2. The van der Waals surface area contributed by atoms with E-state index in [1.54, 1.807) is 25.6 Å². The van der Waals surface area contributed by atoms with Crippen molar-refractivity contribution in [2.45, 2.75) is 38.6 Å². The van der Waals surface area contributed by atoms with Gasteiger partial charge in [-0.05, 0) is 56.4 Å². The maximum absolute atomic E-state index is 12.0. The molecule has 1 rings (SSSR count). The molecule has 0 spiro atoms. The summed E-state index contributed by atoms with van der Waals surface area (Å²) in [6, 6.07) is 7.43. The quantitative estimate of drug-likeness (QED) is 0.685. The molecule has 0 fully saturated rings. The highest BCUT2D eigenvalue weighted by Crippen LogP contribution is 2.14. The van der Waals surface area contributed by atoms with Gasteiger partial charge in [-0.25, -0.2) is 4.79 Å². The molecular formula is C16H24N2O3S. The third-order valence-corrected chi connectivity index (χ3v) is 3.83. The summed E-state index contributed by atoms with van der Waals surface area (Å²) >= 11 is 1.80. The lowest BCUT2D eigenvalue weighted by Crippen LogP contribution is -2.45. The van der Waals surface area contributed by atoms with Crippen LogP contribution in [0, 0.1) is 0 Å². The molecule has 0 aliphatic heterocycles. The van der Waals surface area contributed by atoms with E-state index < -0.39 is 11.5 Å². The van der Waals surface area contributed by atoms with Crippen molar-refractivity contribution in [1.29, 1.82) is 0 Å². The van der Waals surface area contributed by atoms with Crippen LogP contribution in [0.15, 0.2) is 24.3 Å². The minimum atomic E-state index is -0.865. The Labute approximate surface area is 135 Å². The molecule has 0 heterocycles. The van der Waals surface area contributed by atoms with E-state index in [2.05, 4.69) is 16.9 Å². The fraction of sp³-hybridized carbons (Fsp3) is 0.500. The number of urea groups is 1. The lowest BCUT2D eigenvalue weighted by molar-refractivity contribution is -0.137. The molecule has 0 aliphatic rings. The molecule has 0 saturated carbocycles. The Morgan fingerprint density at radius 1 is 1.23 bits per heavy atom. The van der Waals surface area contributed by atoms with Crippen LogP contribution in [0.2, 0.25) is 0 Å². The molecule has 0 radical (unpaired) electrons. The van der Waals surface area contributed by atoms with E-state index in [0.717, 1.165) is 17.9 Å². The number of carboxylic acids is 1. The lowest BCUT2D eigenvalue weighted by Gasteiger charge is -2.25. The summed E-state index contributed by atoms with van der Waals surface area (Å²) < 4.78 is 0. The van der Waals surface area contributed by atoms with Crippen molar-refractivity contribution in [2.24, 2.45) is 0 Å². The monoisotopic (exact) mass is 324 g/mol. The summed E-state index contributed by atoms with van der Waals surface area (Å²) in [7, 11) is 0. The van der Waals surface area contributed by atoms with E-state index >= 15 is 0 Å². The largest absolute Gasteiger partial charge is 0.481 e. The number of benzene rings is 1. The summed E-state index contributed by atoms with van der Waals surface area (Å²) in [5, 5.41) is 14.3. The highest BCUT2D eigenvalue weighted by Gasteiger charge is 2.21. The van der Waals surface area contributed by atoms with Gasteiger partial charge in [0.15, 0.2) is 0 Å². The highest BCUT2D eigenvalue weighted by molar-refractivity contribution is 7.98. The number of aliphatic carboxylic acids is 1. The van der Waals surface area contributed by atoms with Gasteiger partial charge in [-0.15, -0.1) is 0 Å². The van der Waals surface area contributed by atoms with Crippen LogP contribution in [0.25, 0.3) is 0 Å². The van der Waals surface area contributed by atoms with E-state index in [1.807, 2.05) is 24.3 Å². The fourth-order valence-corrected chi connectivity index (χ4v) is 2.37. The number of hydrogen-bond acceptors (Lipinski definition) is 3. The summed E-state index contributed by atoms with van der Waals surface area (Å²) in [5.74, 6) is 0.210. The van der Waals surface area contributed by atoms with Crippen molar-refractivity contribution in [3.8, 4) is 0 Å². The van der Waals surface area contributed by atoms with Crippen LogP contribution in [0.3, 0.4) is 0 Å². The van der Waals surface area contributed by atoms with Gasteiger partial charge in [-0.2, -0.15) is 11.8 Å². The summed E-state index contributed by atoms with van der Waals surface area (Å²) in [5.41, 5.74) is 1.39. The number of thioether (sulfide) groups is 1. The number of carbonyl (C=O) groups excluding carboxylic acids is 1. The van der Waals surface area contributed by atoms with Crippen molar-refractivity contribution >= 4 is 29.4 Å². The Morgan fingerprint density at radius 2 is 1.86 bits per heavy atom. The lowest BCUT2D eigenvalue weighted by atomic mass is 9.99. The Bertz CT molecular complexity index is 501. The van der Waals surface area contributed by atoms with Crippen LogP contribution < -0.4 is 10.6 Å². The molecule has 0 saturated heterocycles. The second kappa shape index (κ2) is 8.68. The van der Waals surface area contributed by atoms with Crippen molar-refractivity contribution in [1.82, 2.24) is 5.32 Å². The average molecular weight is 324 g/mol. The first-order valence-electron chi connectivity index (χ1n) is 7.21. The Balaban J connectivity index is 2.48. The van der Waals surface area contributed by atoms with Gasteiger partial charge < -0.3 is 15.7 Å². The zero-order valence-electron chi connectivity index (χ0n) is 13.3. The standard InChI is InChI=1S/C16H24N2O3S/c1-16(2,10-8-14(19)20)18-15(21)17-13-6-4-12(5-7-13)9-11-22-3/h4-7H,8-11H2,1-3H3,(H,19,20)(H2,17,18,21). The SMILES string of the molecule is CSCCc1ccc(NC(=O)NC(C)(C)CCC(=O)O)cc1. The first kappa shape index (κ1) is 18.4. The zero-order valence-corrected chi connectivity index (χ0v) is 14.1. The van der Waals surface area contributed by atoms with Crippen molar-refractivity contribution in [3.63, 3.8) is 0 Å². The molecule has 2 amide bonds. The topological polar surface area (TPSA) is 78.4 Å².